The van der Waals surface area contributed by atoms with E-state index in [0.29, 0.717) is 0 Å². The van der Waals surface area contributed by atoms with Crippen LogP contribution in [-0.4, -0.2) is 9.52 Å². The molecule has 0 N–H and O–H groups in total. The molecule has 2 radical (unpaired) electrons. The second-order valence-corrected chi connectivity index (χ2v) is 13.5. The summed E-state index contributed by atoms with van der Waals surface area (Å²) in [5.41, 5.74) is 6.89. The average molecular weight is 495 g/mol. The van der Waals surface area contributed by atoms with E-state index >= 15 is 0 Å². The summed E-state index contributed by atoms with van der Waals surface area (Å²) >= 11 is 0. The minimum Gasteiger partial charge on any atom is -0.206 e. The van der Waals surface area contributed by atoms with E-state index in [9.17, 15) is 0 Å². The van der Waals surface area contributed by atoms with Crippen LogP contribution in [0.25, 0.3) is 0 Å². The Balaban J connectivity index is -0.000000424. The van der Waals surface area contributed by atoms with Crippen LogP contribution < -0.4 is 0 Å². The van der Waals surface area contributed by atoms with Crippen LogP contribution in [0.3, 0.4) is 0 Å². The van der Waals surface area contributed by atoms with Gasteiger partial charge in [-0.05, 0) is 10.8 Å². The van der Waals surface area contributed by atoms with E-state index in [1.54, 1.807) is 0 Å². The molecule has 0 aliphatic carbocycles. The minimum absolute atomic E-state index is 0. The molecule has 0 unspecified atom stereocenters. The summed E-state index contributed by atoms with van der Waals surface area (Å²) in [6.45, 7) is 31.5. The van der Waals surface area contributed by atoms with Crippen molar-refractivity contribution >= 4 is 21.9 Å². The smallest absolute Gasteiger partial charge is 0.0213 e. The van der Waals surface area contributed by atoms with E-state index in [4.69, 9.17) is 0 Å². The van der Waals surface area contributed by atoms with Crippen molar-refractivity contribution in [3.63, 3.8) is 0 Å². The second-order valence-electron chi connectivity index (χ2n) is 12.4. The summed E-state index contributed by atoms with van der Waals surface area (Å²) in [6, 6.07) is 13.7. The molecule has 2 aromatic carbocycles. The molecule has 0 spiro atoms. The maximum absolute atomic E-state index is 2.33. The molecule has 0 saturated carbocycles. The van der Waals surface area contributed by atoms with Crippen molar-refractivity contribution in [2.75, 3.05) is 0 Å². The molecular weight excluding hydrogens is 445 g/mol. The van der Waals surface area contributed by atoms with E-state index in [0.717, 1.165) is 9.52 Å². The molecule has 0 amide bonds. The molecular formula is C28H50ClScSi-2. The first kappa shape index (κ1) is 35.7. The largest absolute Gasteiger partial charge is 0.206 e. The van der Waals surface area contributed by atoms with Crippen LogP contribution in [0, 0.1) is 0 Å². The first-order chi connectivity index (χ1) is 12.8. The standard InChI is InChI=1S/2C13H21.C2H7Si.ClH.Sc/c2*1-12(2,3)10-7-8-11(9-10)13(4,5)6;1-3-2;;/h2*7-9H,1-6H3;3H,1-2H3;1H;/q2*-1;;;. The van der Waals surface area contributed by atoms with Gasteiger partial charge in [0.2, 0.25) is 0 Å². The zero-order chi connectivity index (χ0) is 23.3. The van der Waals surface area contributed by atoms with Crippen LogP contribution in [0.1, 0.15) is 105 Å². The molecule has 0 aromatic heterocycles. The van der Waals surface area contributed by atoms with E-state index in [2.05, 4.69) is 133 Å². The molecule has 3 heteroatoms. The van der Waals surface area contributed by atoms with Crippen LogP contribution >= 0.6 is 12.4 Å². The molecule has 0 bridgehead atoms. The van der Waals surface area contributed by atoms with Crippen molar-refractivity contribution in [3.05, 3.63) is 58.7 Å². The van der Waals surface area contributed by atoms with Gasteiger partial charge in [0, 0.05) is 35.4 Å². The Labute approximate surface area is 223 Å². The third-order valence-electron chi connectivity index (χ3n) is 4.97. The van der Waals surface area contributed by atoms with Gasteiger partial charge < -0.3 is 0 Å². The van der Waals surface area contributed by atoms with Gasteiger partial charge in [0.25, 0.3) is 0 Å². The topological polar surface area (TPSA) is 0 Å². The second kappa shape index (κ2) is 13.7. The van der Waals surface area contributed by atoms with Crippen molar-refractivity contribution in [1.29, 1.82) is 0 Å². The van der Waals surface area contributed by atoms with Gasteiger partial charge in [-0.2, -0.15) is 46.5 Å². The van der Waals surface area contributed by atoms with Gasteiger partial charge in [-0.25, -0.2) is 12.1 Å². The van der Waals surface area contributed by atoms with Gasteiger partial charge in [0.15, 0.2) is 0 Å². The van der Waals surface area contributed by atoms with Crippen molar-refractivity contribution in [2.45, 2.75) is 118 Å². The van der Waals surface area contributed by atoms with Crippen LogP contribution in [0.15, 0.2) is 36.4 Å². The van der Waals surface area contributed by atoms with E-state index in [-0.39, 0.29) is 59.9 Å². The van der Waals surface area contributed by atoms with Crippen molar-refractivity contribution in [1.82, 2.24) is 0 Å². The normalized spacial score (nSPS) is 11.8. The Hall–Kier alpha value is 0.0770. The molecule has 0 saturated heterocycles. The molecule has 178 valence electrons. The molecule has 0 heterocycles. The maximum Gasteiger partial charge on any atom is 0.0213 e. The molecule has 0 fully saturated rings. The van der Waals surface area contributed by atoms with Crippen molar-refractivity contribution in [2.24, 2.45) is 0 Å². The Kier molecular flexibility index (Phi) is 15.8. The maximum atomic E-state index is 2.33. The molecule has 0 atom stereocenters. The Morgan fingerprint density at radius 2 is 0.774 bits per heavy atom. The average Bonchev–Trinajstić information content (AvgIpc) is 3.16. The summed E-state index contributed by atoms with van der Waals surface area (Å²) < 4.78 is 0. The zero-order valence-electron chi connectivity index (χ0n) is 23.0. The monoisotopic (exact) mass is 494 g/mol. The minimum atomic E-state index is 0. The quantitative estimate of drug-likeness (QED) is 0.253. The van der Waals surface area contributed by atoms with E-state index in [1.807, 2.05) is 0 Å². The fourth-order valence-corrected chi connectivity index (χ4v) is 2.75. The van der Waals surface area contributed by atoms with Gasteiger partial charge >= 0.3 is 0 Å². The molecule has 31 heavy (non-hydrogen) atoms. The molecule has 2 aromatic rings. The fourth-order valence-electron chi connectivity index (χ4n) is 2.75. The third-order valence-corrected chi connectivity index (χ3v) is 4.97. The Bertz CT molecular complexity index is 590. The zero-order valence-corrected chi connectivity index (χ0v) is 26.8. The predicted molar refractivity (Wildman–Crippen MR) is 145 cm³/mol. The Morgan fingerprint density at radius 1 is 0.548 bits per heavy atom. The van der Waals surface area contributed by atoms with Crippen molar-refractivity contribution in [3.8, 4) is 0 Å². The first-order valence-corrected chi connectivity index (χ1v) is 13.4. The molecule has 2 rings (SSSR count). The SMILES string of the molecule is CC(C)(C)c1c[cH-]c(C(C)(C)C)c1.CC(C)(C)c1c[cH-]c(C(C)(C)C)c1.C[SiH]C.Cl.[Sc]. The molecule has 0 nitrogen and oxygen atoms in total. The van der Waals surface area contributed by atoms with Crippen LogP contribution in [0.5, 0.6) is 0 Å². The summed E-state index contributed by atoms with van der Waals surface area (Å²) in [4.78, 5) is 0. The fraction of sp³-hybridized carbons (Fsp3) is 0.643. The number of hydrogen-bond acceptors (Lipinski definition) is 0. The summed E-state index contributed by atoms with van der Waals surface area (Å²) in [5.74, 6) is 0. The van der Waals surface area contributed by atoms with Gasteiger partial charge in [-0.3, -0.25) is 0 Å². The van der Waals surface area contributed by atoms with Crippen LogP contribution in [-0.2, 0) is 47.5 Å². The Morgan fingerprint density at radius 3 is 0.871 bits per heavy atom. The summed E-state index contributed by atoms with van der Waals surface area (Å²) in [7, 11) is 0.750. The van der Waals surface area contributed by atoms with Gasteiger partial charge in [-0.15, -0.1) is 12.4 Å². The number of halogens is 1. The van der Waals surface area contributed by atoms with Crippen LogP contribution in [0.4, 0.5) is 0 Å². The van der Waals surface area contributed by atoms with E-state index in [1.165, 1.54) is 22.3 Å². The van der Waals surface area contributed by atoms with Gasteiger partial charge in [0.05, 0.1) is 0 Å². The van der Waals surface area contributed by atoms with Crippen LogP contribution in [0.2, 0.25) is 13.1 Å². The van der Waals surface area contributed by atoms with Gasteiger partial charge in [0.1, 0.15) is 0 Å². The van der Waals surface area contributed by atoms with Crippen molar-refractivity contribution < 1.29 is 25.8 Å². The summed E-state index contributed by atoms with van der Waals surface area (Å²) in [5, 5.41) is 0. The van der Waals surface area contributed by atoms with E-state index < -0.39 is 0 Å². The first-order valence-electron chi connectivity index (χ1n) is 11.1. The predicted octanol–water partition coefficient (Wildman–Crippen LogP) is 8.94. The summed E-state index contributed by atoms with van der Waals surface area (Å²) in [6.07, 6.45) is 0. The molecule has 0 aliphatic heterocycles. The third kappa shape index (κ3) is 13.4. The van der Waals surface area contributed by atoms with Gasteiger partial charge in [-0.1, -0.05) is 107 Å². The molecule has 0 aliphatic rings. The number of rotatable bonds is 0. The number of hydrogen-bond donors (Lipinski definition) is 0.